The fourth-order valence-electron chi connectivity index (χ4n) is 3.05. The van der Waals surface area contributed by atoms with Gasteiger partial charge >= 0.3 is 5.97 Å². The van der Waals surface area contributed by atoms with E-state index in [0.717, 1.165) is 25.7 Å². The third kappa shape index (κ3) is 3.19. The first-order valence-electron chi connectivity index (χ1n) is 7.15. The first-order valence-corrected chi connectivity index (χ1v) is 8.47. The predicted molar refractivity (Wildman–Crippen MR) is 74.6 cm³/mol. The summed E-state index contributed by atoms with van der Waals surface area (Å²) in [5.41, 5.74) is 0.0144. The first kappa shape index (κ1) is 15.0. The number of carbonyl (C=O) groups is 1. The van der Waals surface area contributed by atoms with Crippen LogP contribution >= 0.6 is 0 Å². The number of ether oxygens (including phenoxy) is 1. The molecular formula is C14H24O4S. The zero-order valence-electron chi connectivity index (χ0n) is 11.8. The molecule has 0 aromatic carbocycles. The summed E-state index contributed by atoms with van der Waals surface area (Å²) >= 11 is 0. The number of rotatable bonds is 4. The van der Waals surface area contributed by atoms with Gasteiger partial charge in [-0.2, -0.15) is 0 Å². The summed E-state index contributed by atoms with van der Waals surface area (Å²) in [6.45, 7) is 3.05. The molecular weight excluding hydrogens is 264 g/mol. The molecule has 0 aromatic heterocycles. The largest absolute Gasteiger partial charge is 0.480 e. The van der Waals surface area contributed by atoms with Gasteiger partial charge in [0.1, 0.15) is 4.75 Å². The van der Waals surface area contributed by atoms with Gasteiger partial charge in [0, 0.05) is 10.8 Å². The minimum Gasteiger partial charge on any atom is -0.480 e. The second-order valence-corrected chi connectivity index (χ2v) is 8.39. The van der Waals surface area contributed by atoms with Crippen LogP contribution in [0.4, 0.5) is 0 Å². The van der Waals surface area contributed by atoms with E-state index < -0.39 is 21.5 Å². The number of carboxylic acids is 1. The highest BCUT2D eigenvalue weighted by Crippen LogP contribution is 2.42. The third-order valence-corrected chi connectivity index (χ3v) is 6.51. The molecule has 19 heavy (non-hydrogen) atoms. The number of hydrogen-bond donors (Lipinski definition) is 1. The Morgan fingerprint density at radius 1 is 1.32 bits per heavy atom. The number of aliphatic carboxylic acids is 1. The second-order valence-electron chi connectivity index (χ2n) is 6.35. The molecule has 2 fully saturated rings. The number of carboxylic acid groups (broad SMARTS) is 1. The standard InChI is InChI=1S/C14H24O4S/c1-13(2,12(15)16)19(17)10-11-6-9-14(18-11)7-4-3-5-8-14/h11H,3-10H2,1-2H3,(H,15,16). The van der Waals surface area contributed by atoms with Crippen LogP contribution in [-0.2, 0) is 20.3 Å². The van der Waals surface area contributed by atoms with Crippen molar-refractivity contribution in [3.63, 3.8) is 0 Å². The normalized spacial score (nSPS) is 28.4. The fourth-order valence-corrected chi connectivity index (χ4v) is 4.24. The van der Waals surface area contributed by atoms with Crippen molar-refractivity contribution in [2.75, 3.05) is 5.75 Å². The maximum atomic E-state index is 12.2. The van der Waals surface area contributed by atoms with Gasteiger partial charge in [-0.15, -0.1) is 0 Å². The molecule has 1 heterocycles. The summed E-state index contributed by atoms with van der Waals surface area (Å²) < 4.78 is 17.1. The van der Waals surface area contributed by atoms with E-state index in [1.807, 2.05) is 0 Å². The summed E-state index contributed by atoms with van der Waals surface area (Å²) in [6.07, 6.45) is 7.87. The lowest BCUT2D eigenvalue weighted by atomic mass is 9.83. The molecule has 1 aliphatic heterocycles. The van der Waals surface area contributed by atoms with Crippen LogP contribution in [0.1, 0.15) is 58.8 Å². The minimum atomic E-state index is -1.40. The average Bonchev–Trinajstić information content (AvgIpc) is 2.72. The second kappa shape index (κ2) is 5.52. The molecule has 0 radical (unpaired) electrons. The van der Waals surface area contributed by atoms with Crippen LogP contribution in [0.5, 0.6) is 0 Å². The summed E-state index contributed by atoms with van der Waals surface area (Å²) in [5, 5.41) is 9.09. The Balaban J connectivity index is 1.91. The summed E-state index contributed by atoms with van der Waals surface area (Å²) in [7, 11) is -1.40. The Hall–Kier alpha value is -0.420. The van der Waals surface area contributed by atoms with Gasteiger partial charge in [0.05, 0.1) is 17.5 Å². The van der Waals surface area contributed by atoms with Crippen molar-refractivity contribution in [2.24, 2.45) is 0 Å². The smallest absolute Gasteiger partial charge is 0.321 e. The van der Waals surface area contributed by atoms with Crippen LogP contribution in [-0.4, -0.2) is 37.5 Å². The van der Waals surface area contributed by atoms with Gasteiger partial charge in [-0.3, -0.25) is 9.00 Å². The molecule has 1 saturated carbocycles. The molecule has 2 rings (SSSR count). The average molecular weight is 288 g/mol. The maximum absolute atomic E-state index is 12.2. The van der Waals surface area contributed by atoms with Gasteiger partial charge in [0.25, 0.3) is 0 Å². The van der Waals surface area contributed by atoms with Crippen molar-refractivity contribution in [3.05, 3.63) is 0 Å². The van der Waals surface area contributed by atoms with Crippen LogP contribution in [0.25, 0.3) is 0 Å². The molecule has 0 amide bonds. The van der Waals surface area contributed by atoms with E-state index in [-0.39, 0.29) is 11.7 Å². The highest BCUT2D eigenvalue weighted by Gasteiger charge is 2.43. The Labute approximate surface area is 117 Å². The highest BCUT2D eigenvalue weighted by molar-refractivity contribution is 7.87. The molecule has 0 aromatic rings. The van der Waals surface area contributed by atoms with E-state index in [0.29, 0.717) is 5.75 Å². The monoisotopic (exact) mass is 288 g/mol. The van der Waals surface area contributed by atoms with Crippen molar-refractivity contribution in [1.82, 2.24) is 0 Å². The van der Waals surface area contributed by atoms with Crippen molar-refractivity contribution in [2.45, 2.75) is 75.2 Å². The van der Waals surface area contributed by atoms with Crippen molar-refractivity contribution in [1.29, 1.82) is 0 Å². The van der Waals surface area contributed by atoms with Crippen LogP contribution in [0.15, 0.2) is 0 Å². The molecule has 4 nitrogen and oxygen atoms in total. The van der Waals surface area contributed by atoms with E-state index in [9.17, 15) is 9.00 Å². The molecule has 1 saturated heterocycles. The summed E-state index contributed by atoms with van der Waals surface area (Å²) in [5.74, 6) is -0.655. The lowest BCUT2D eigenvalue weighted by Gasteiger charge is -2.33. The van der Waals surface area contributed by atoms with Gasteiger partial charge in [-0.25, -0.2) is 0 Å². The minimum absolute atomic E-state index is 0.0144. The number of hydrogen-bond acceptors (Lipinski definition) is 3. The van der Waals surface area contributed by atoms with Gasteiger partial charge in [0.2, 0.25) is 0 Å². The molecule has 110 valence electrons. The molecule has 0 bridgehead atoms. The zero-order chi connectivity index (χ0) is 14.1. The van der Waals surface area contributed by atoms with E-state index in [1.165, 1.54) is 33.1 Å². The summed E-state index contributed by atoms with van der Waals surface area (Å²) in [4.78, 5) is 11.1. The molecule has 2 aliphatic rings. The van der Waals surface area contributed by atoms with Crippen LogP contribution in [0.2, 0.25) is 0 Å². The third-order valence-electron chi connectivity index (χ3n) is 4.52. The lowest BCUT2D eigenvalue weighted by molar-refractivity contribution is -0.139. The molecule has 2 unspecified atom stereocenters. The predicted octanol–water partition coefficient (Wildman–Crippen LogP) is 2.48. The topological polar surface area (TPSA) is 63.6 Å². The quantitative estimate of drug-likeness (QED) is 0.863. The van der Waals surface area contributed by atoms with Crippen molar-refractivity contribution < 1.29 is 18.8 Å². The molecule has 1 N–H and O–H groups in total. The summed E-state index contributed by atoms with van der Waals surface area (Å²) in [6, 6.07) is 0. The van der Waals surface area contributed by atoms with Crippen LogP contribution < -0.4 is 0 Å². The van der Waals surface area contributed by atoms with Gasteiger partial charge in [-0.05, 0) is 39.5 Å². The first-order chi connectivity index (χ1) is 8.86. The van der Waals surface area contributed by atoms with Gasteiger partial charge in [-0.1, -0.05) is 19.3 Å². The molecule has 1 spiro atoms. The van der Waals surface area contributed by atoms with E-state index in [1.54, 1.807) is 0 Å². The van der Waals surface area contributed by atoms with E-state index >= 15 is 0 Å². The van der Waals surface area contributed by atoms with Gasteiger partial charge < -0.3 is 9.84 Å². The van der Waals surface area contributed by atoms with E-state index in [4.69, 9.17) is 9.84 Å². The SMILES string of the molecule is CC(C)(C(=O)O)S(=O)CC1CCC2(CCCCC2)O1. The Morgan fingerprint density at radius 2 is 1.95 bits per heavy atom. The van der Waals surface area contributed by atoms with E-state index in [2.05, 4.69) is 0 Å². The van der Waals surface area contributed by atoms with Gasteiger partial charge in [0.15, 0.2) is 0 Å². The molecule has 5 heteroatoms. The highest BCUT2D eigenvalue weighted by atomic mass is 32.2. The zero-order valence-corrected chi connectivity index (χ0v) is 12.6. The Kier molecular flexibility index (Phi) is 4.35. The molecule has 2 atom stereocenters. The molecule has 1 aliphatic carbocycles. The fraction of sp³-hybridized carbons (Fsp3) is 0.929. The lowest BCUT2D eigenvalue weighted by Crippen LogP contribution is -2.40. The van der Waals surface area contributed by atoms with Crippen LogP contribution in [0, 0.1) is 0 Å². The van der Waals surface area contributed by atoms with Crippen LogP contribution in [0.3, 0.4) is 0 Å². The Bertz CT molecular complexity index is 372. The Morgan fingerprint density at radius 3 is 2.53 bits per heavy atom. The van der Waals surface area contributed by atoms with Crippen molar-refractivity contribution >= 4 is 16.8 Å². The van der Waals surface area contributed by atoms with Crippen molar-refractivity contribution in [3.8, 4) is 0 Å². The maximum Gasteiger partial charge on any atom is 0.321 e.